The second-order valence-corrected chi connectivity index (χ2v) is 7.48. The number of thioether (sulfide) groups is 1. The molecule has 2 aromatic rings. The van der Waals surface area contributed by atoms with Gasteiger partial charge >= 0.3 is 0 Å². The molecule has 1 unspecified atom stereocenters. The van der Waals surface area contributed by atoms with Crippen LogP contribution in [0.15, 0.2) is 36.0 Å². The van der Waals surface area contributed by atoms with E-state index in [1.807, 2.05) is 16.7 Å². The number of amides is 1. The van der Waals surface area contributed by atoms with Gasteiger partial charge in [-0.1, -0.05) is 17.8 Å². The first-order chi connectivity index (χ1) is 14.1. The van der Waals surface area contributed by atoms with Crippen molar-refractivity contribution >= 4 is 17.7 Å². The van der Waals surface area contributed by atoms with E-state index in [1.165, 1.54) is 11.8 Å². The fourth-order valence-corrected chi connectivity index (χ4v) is 3.83. The normalized spacial score (nSPS) is 15.9. The summed E-state index contributed by atoms with van der Waals surface area (Å²) >= 11 is 1.34. The van der Waals surface area contributed by atoms with Crippen molar-refractivity contribution in [2.45, 2.75) is 30.6 Å². The lowest BCUT2D eigenvalue weighted by molar-refractivity contribution is -0.119. The predicted molar refractivity (Wildman–Crippen MR) is 111 cm³/mol. The number of carbonyl (C=O) groups excluding carboxylic acids is 1. The van der Waals surface area contributed by atoms with Crippen LogP contribution in [-0.2, 0) is 16.1 Å². The van der Waals surface area contributed by atoms with E-state index in [-0.39, 0.29) is 17.8 Å². The van der Waals surface area contributed by atoms with Crippen LogP contribution in [0.25, 0.3) is 11.4 Å². The third kappa shape index (κ3) is 5.51. The number of allylic oxidation sites excluding steroid dienone is 1. The zero-order valence-corrected chi connectivity index (χ0v) is 17.5. The van der Waals surface area contributed by atoms with E-state index in [1.54, 1.807) is 26.4 Å². The van der Waals surface area contributed by atoms with Gasteiger partial charge in [-0.2, -0.15) is 0 Å². The summed E-state index contributed by atoms with van der Waals surface area (Å²) in [5, 5.41) is 12.2. The van der Waals surface area contributed by atoms with Crippen LogP contribution in [0.1, 0.15) is 12.8 Å². The Morgan fingerprint density at radius 3 is 2.72 bits per heavy atom. The summed E-state index contributed by atoms with van der Waals surface area (Å²) in [6.45, 7) is 5.66. The summed E-state index contributed by atoms with van der Waals surface area (Å²) in [5.41, 5.74) is 0.810. The largest absolute Gasteiger partial charge is 0.497 e. The number of benzene rings is 1. The highest BCUT2D eigenvalue weighted by molar-refractivity contribution is 7.99. The van der Waals surface area contributed by atoms with Crippen molar-refractivity contribution in [1.29, 1.82) is 0 Å². The fraction of sp³-hybridized carbons (Fsp3) is 0.450. The molecule has 9 heteroatoms. The van der Waals surface area contributed by atoms with Crippen molar-refractivity contribution in [3.05, 3.63) is 30.9 Å². The van der Waals surface area contributed by atoms with Crippen molar-refractivity contribution in [1.82, 2.24) is 20.1 Å². The van der Waals surface area contributed by atoms with E-state index in [0.29, 0.717) is 35.6 Å². The molecule has 0 aliphatic carbocycles. The molecule has 0 bridgehead atoms. The highest BCUT2D eigenvalue weighted by Gasteiger charge is 2.18. The zero-order valence-electron chi connectivity index (χ0n) is 16.7. The number of hydrogen-bond donors (Lipinski definition) is 1. The third-order valence-corrected chi connectivity index (χ3v) is 5.49. The highest BCUT2D eigenvalue weighted by Crippen LogP contribution is 2.30. The molecule has 1 saturated heterocycles. The fourth-order valence-electron chi connectivity index (χ4n) is 3.05. The van der Waals surface area contributed by atoms with E-state index in [4.69, 9.17) is 14.2 Å². The Balaban J connectivity index is 1.71. The topological polar surface area (TPSA) is 87.5 Å². The molecule has 1 aromatic heterocycles. The van der Waals surface area contributed by atoms with Gasteiger partial charge in [0, 0.05) is 31.3 Å². The molecule has 3 rings (SSSR count). The van der Waals surface area contributed by atoms with Crippen molar-refractivity contribution in [2.75, 3.05) is 33.1 Å². The smallest absolute Gasteiger partial charge is 0.230 e. The number of carbonyl (C=O) groups is 1. The molecular formula is C20H26N4O4S. The lowest BCUT2D eigenvalue weighted by Gasteiger charge is -2.11. The van der Waals surface area contributed by atoms with Crippen molar-refractivity contribution in [3.63, 3.8) is 0 Å². The van der Waals surface area contributed by atoms with Crippen LogP contribution < -0.4 is 14.8 Å². The van der Waals surface area contributed by atoms with Gasteiger partial charge in [-0.25, -0.2) is 0 Å². The van der Waals surface area contributed by atoms with Gasteiger partial charge in [0.15, 0.2) is 11.0 Å². The van der Waals surface area contributed by atoms with E-state index in [2.05, 4.69) is 22.1 Å². The molecule has 29 heavy (non-hydrogen) atoms. The molecule has 1 aliphatic rings. The Morgan fingerprint density at radius 1 is 1.34 bits per heavy atom. The first-order valence-electron chi connectivity index (χ1n) is 9.43. The number of methoxy groups -OCH3 is 2. The Labute approximate surface area is 174 Å². The summed E-state index contributed by atoms with van der Waals surface area (Å²) in [6, 6.07) is 5.54. The minimum Gasteiger partial charge on any atom is -0.497 e. The molecule has 0 spiro atoms. The minimum absolute atomic E-state index is 0.0525. The zero-order chi connectivity index (χ0) is 20.6. The number of hydrogen-bond acceptors (Lipinski definition) is 7. The Kier molecular flexibility index (Phi) is 7.54. The summed E-state index contributed by atoms with van der Waals surface area (Å²) in [7, 11) is 3.20. The second-order valence-electron chi connectivity index (χ2n) is 6.53. The van der Waals surface area contributed by atoms with Gasteiger partial charge in [-0.3, -0.25) is 9.36 Å². The highest BCUT2D eigenvalue weighted by atomic mass is 32.2. The van der Waals surface area contributed by atoms with Gasteiger partial charge < -0.3 is 19.5 Å². The molecule has 1 amide bonds. The van der Waals surface area contributed by atoms with Crippen LogP contribution >= 0.6 is 11.8 Å². The maximum absolute atomic E-state index is 12.2. The first kappa shape index (κ1) is 21.2. The lowest BCUT2D eigenvalue weighted by Crippen LogP contribution is -2.32. The van der Waals surface area contributed by atoms with Crippen molar-refractivity contribution < 1.29 is 19.0 Å². The van der Waals surface area contributed by atoms with Crippen molar-refractivity contribution in [2.24, 2.45) is 0 Å². The molecule has 2 heterocycles. The van der Waals surface area contributed by atoms with Crippen LogP contribution in [0.2, 0.25) is 0 Å². The van der Waals surface area contributed by atoms with Crippen LogP contribution in [-0.4, -0.2) is 59.9 Å². The quantitative estimate of drug-likeness (QED) is 0.469. The van der Waals surface area contributed by atoms with Crippen molar-refractivity contribution in [3.8, 4) is 22.9 Å². The molecule has 8 nitrogen and oxygen atoms in total. The average Bonchev–Trinajstić information content (AvgIpc) is 3.40. The van der Waals surface area contributed by atoms with Gasteiger partial charge in [0.05, 0.1) is 26.1 Å². The number of aromatic nitrogens is 3. The number of ether oxygens (including phenoxy) is 3. The SMILES string of the molecule is C=CCn1c(SCC(=O)NCC2CCCO2)nnc1-c1cc(OC)cc(OC)c1. The maximum atomic E-state index is 12.2. The molecule has 1 N–H and O–H groups in total. The second kappa shape index (κ2) is 10.3. The molecule has 0 saturated carbocycles. The Morgan fingerprint density at radius 2 is 2.10 bits per heavy atom. The standard InChI is InChI=1S/C20H26N4O4S/c1-4-7-24-19(14-9-16(26-2)11-17(10-14)27-3)22-23-20(24)29-13-18(25)21-12-15-6-5-8-28-15/h4,9-11,15H,1,5-8,12-13H2,2-3H3,(H,21,25). The molecule has 1 aliphatic heterocycles. The Bertz CT molecular complexity index is 827. The molecule has 156 valence electrons. The van der Waals surface area contributed by atoms with Gasteiger partial charge in [0.25, 0.3) is 0 Å². The van der Waals surface area contributed by atoms with Gasteiger partial charge in [0.2, 0.25) is 5.91 Å². The van der Waals surface area contributed by atoms with E-state index < -0.39 is 0 Å². The van der Waals surface area contributed by atoms with Crippen LogP contribution in [0.4, 0.5) is 0 Å². The first-order valence-corrected chi connectivity index (χ1v) is 10.4. The van der Waals surface area contributed by atoms with Gasteiger partial charge in [-0.15, -0.1) is 16.8 Å². The summed E-state index contributed by atoms with van der Waals surface area (Å²) < 4.78 is 18.1. The maximum Gasteiger partial charge on any atom is 0.230 e. The lowest BCUT2D eigenvalue weighted by atomic mass is 10.2. The summed E-state index contributed by atoms with van der Waals surface area (Å²) in [5.74, 6) is 2.18. The van der Waals surface area contributed by atoms with E-state index >= 15 is 0 Å². The number of rotatable bonds is 10. The summed E-state index contributed by atoms with van der Waals surface area (Å²) in [6.07, 6.45) is 3.95. The van der Waals surface area contributed by atoms with Crippen LogP contribution in [0, 0.1) is 0 Å². The van der Waals surface area contributed by atoms with Gasteiger partial charge in [0.1, 0.15) is 11.5 Å². The number of nitrogens with one attached hydrogen (secondary N) is 1. The molecule has 1 aromatic carbocycles. The third-order valence-electron chi connectivity index (χ3n) is 4.52. The Hall–Kier alpha value is -2.52. The van der Waals surface area contributed by atoms with E-state index in [9.17, 15) is 4.79 Å². The monoisotopic (exact) mass is 418 g/mol. The van der Waals surface area contributed by atoms with Crippen LogP contribution in [0.5, 0.6) is 11.5 Å². The number of nitrogens with zero attached hydrogens (tertiary/aromatic N) is 3. The summed E-state index contributed by atoms with van der Waals surface area (Å²) in [4.78, 5) is 12.2. The molecular weight excluding hydrogens is 392 g/mol. The molecule has 1 fully saturated rings. The minimum atomic E-state index is -0.0525. The van der Waals surface area contributed by atoms with Gasteiger partial charge in [-0.05, 0) is 25.0 Å². The predicted octanol–water partition coefficient (Wildman–Crippen LogP) is 2.54. The molecule has 1 atom stereocenters. The average molecular weight is 419 g/mol. The molecule has 0 radical (unpaired) electrons. The van der Waals surface area contributed by atoms with E-state index in [0.717, 1.165) is 25.0 Å². The van der Waals surface area contributed by atoms with Crippen LogP contribution in [0.3, 0.4) is 0 Å².